The van der Waals surface area contributed by atoms with Crippen molar-refractivity contribution in [2.75, 3.05) is 26.7 Å². The predicted octanol–water partition coefficient (Wildman–Crippen LogP) is 4.49. The molecule has 0 radical (unpaired) electrons. The van der Waals surface area contributed by atoms with Gasteiger partial charge in [-0.25, -0.2) is 4.98 Å². The van der Waals surface area contributed by atoms with Gasteiger partial charge in [-0.1, -0.05) is 30.3 Å². The highest BCUT2D eigenvalue weighted by molar-refractivity contribution is 5.94. The second kappa shape index (κ2) is 10.6. The van der Waals surface area contributed by atoms with Gasteiger partial charge >= 0.3 is 0 Å². The zero-order chi connectivity index (χ0) is 24.0. The number of nitrogens with zero attached hydrogens (tertiary/aromatic N) is 3. The summed E-state index contributed by atoms with van der Waals surface area (Å²) >= 11 is 0. The highest BCUT2D eigenvalue weighted by Crippen LogP contribution is 2.31. The van der Waals surface area contributed by atoms with Crippen molar-refractivity contribution in [2.45, 2.75) is 25.5 Å². The molecule has 2 aromatic heterocycles. The van der Waals surface area contributed by atoms with Crippen LogP contribution < -0.4 is 14.8 Å². The Hall–Kier alpha value is -3.84. The quantitative estimate of drug-likeness (QED) is 0.390. The first-order chi connectivity index (χ1) is 17.2. The number of rotatable bonds is 9. The highest BCUT2D eigenvalue weighted by Gasteiger charge is 2.26. The number of hydrogen-bond donors (Lipinski definition) is 1. The first-order valence-electron chi connectivity index (χ1n) is 12.0. The number of benzene rings is 2. The fourth-order valence-electron chi connectivity index (χ4n) is 4.66. The van der Waals surface area contributed by atoms with Crippen LogP contribution in [0, 0.1) is 0 Å². The van der Waals surface area contributed by atoms with Crippen molar-refractivity contribution in [3.63, 3.8) is 0 Å². The summed E-state index contributed by atoms with van der Waals surface area (Å²) in [6, 6.07) is 21.3. The Morgan fingerprint density at radius 3 is 2.71 bits per heavy atom. The van der Waals surface area contributed by atoms with Crippen LogP contribution in [0.4, 0.5) is 0 Å². The normalized spacial score (nSPS) is 14.7. The zero-order valence-corrected chi connectivity index (χ0v) is 19.9. The molecule has 0 bridgehead atoms. The van der Waals surface area contributed by atoms with Crippen LogP contribution in [-0.4, -0.2) is 46.9 Å². The van der Waals surface area contributed by atoms with Gasteiger partial charge in [-0.15, -0.1) is 0 Å². The minimum atomic E-state index is -0.123. The van der Waals surface area contributed by atoms with E-state index < -0.39 is 0 Å². The standard InChI is InChI=1S/C28H30N4O3/c1-34-26-12-3-2-11-24(26)25(31-14-6-7-15-31)18-29-28(33)21-9-8-10-23(17-21)35-20-22-19-32-16-5-4-13-27(32)30-22/h2-5,8-13,16-17,19,25H,6-7,14-15,18,20H2,1H3,(H,29,33). The molecule has 180 valence electrons. The molecule has 7 heteroatoms. The van der Waals surface area contributed by atoms with Crippen molar-refractivity contribution in [1.82, 2.24) is 19.6 Å². The molecule has 1 aliphatic rings. The number of ether oxygens (including phenoxy) is 2. The summed E-state index contributed by atoms with van der Waals surface area (Å²) in [7, 11) is 1.69. The molecule has 0 aliphatic carbocycles. The summed E-state index contributed by atoms with van der Waals surface area (Å²) in [5.74, 6) is 1.36. The average Bonchev–Trinajstić information content (AvgIpc) is 3.58. The van der Waals surface area contributed by atoms with E-state index >= 15 is 0 Å². The van der Waals surface area contributed by atoms with Crippen LogP contribution in [0.1, 0.15) is 40.5 Å². The fraction of sp³-hybridized carbons (Fsp3) is 0.286. The topological polar surface area (TPSA) is 68.1 Å². The minimum absolute atomic E-state index is 0.0621. The van der Waals surface area contributed by atoms with Crippen molar-refractivity contribution in [1.29, 1.82) is 0 Å². The summed E-state index contributed by atoms with van der Waals surface area (Å²) in [6.45, 7) is 2.87. The van der Waals surface area contributed by atoms with Crippen molar-refractivity contribution >= 4 is 11.6 Å². The molecule has 2 aromatic carbocycles. The smallest absolute Gasteiger partial charge is 0.251 e. The van der Waals surface area contributed by atoms with Crippen molar-refractivity contribution in [2.24, 2.45) is 0 Å². The number of carbonyl (C=O) groups is 1. The van der Waals surface area contributed by atoms with Gasteiger partial charge in [-0.05, 0) is 62.3 Å². The fourth-order valence-corrected chi connectivity index (χ4v) is 4.66. The number of methoxy groups -OCH3 is 1. The Balaban J connectivity index is 1.25. The predicted molar refractivity (Wildman–Crippen MR) is 135 cm³/mol. The number of hydrogen-bond acceptors (Lipinski definition) is 5. The largest absolute Gasteiger partial charge is 0.496 e. The van der Waals surface area contributed by atoms with Crippen LogP contribution in [-0.2, 0) is 6.61 Å². The molecule has 1 atom stereocenters. The number of pyridine rings is 1. The molecule has 1 fully saturated rings. The molecule has 0 saturated carbocycles. The average molecular weight is 471 g/mol. The lowest BCUT2D eigenvalue weighted by molar-refractivity contribution is 0.0937. The Kier molecular flexibility index (Phi) is 6.95. The minimum Gasteiger partial charge on any atom is -0.496 e. The molecule has 1 aliphatic heterocycles. The van der Waals surface area contributed by atoms with Crippen LogP contribution in [0.3, 0.4) is 0 Å². The monoisotopic (exact) mass is 470 g/mol. The Morgan fingerprint density at radius 2 is 1.89 bits per heavy atom. The van der Waals surface area contributed by atoms with E-state index in [0.717, 1.165) is 35.7 Å². The van der Waals surface area contributed by atoms with Gasteiger partial charge in [-0.2, -0.15) is 0 Å². The lowest BCUT2D eigenvalue weighted by atomic mass is 10.0. The number of nitrogens with one attached hydrogen (secondary N) is 1. The van der Waals surface area contributed by atoms with Gasteiger partial charge in [-0.3, -0.25) is 9.69 Å². The molecule has 0 spiro atoms. The molecule has 1 amide bonds. The van der Waals surface area contributed by atoms with E-state index in [-0.39, 0.29) is 11.9 Å². The molecule has 7 nitrogen and oxygen atoms in total. The summed E-state index contributed by atoms with van der Waals surface area (Å²) in [4.78, 5) is 20.0. The first-order valence-corrected chi connectivity index (χ1v) is 12.0. The number of imidazole rings is 1. The second-order valence-corrected chi connectivity index (χ2v) is 8.73. The summed E-state index contributed by atoms with van der Waals surface area (Å²) in [5.41, 5.74) is 3.37. The lowest BCUT2D eigenvalue weighted by Crippen LogP contribution is -2.37. The summed E-state index contributed by atoms with van der Waals surface area (Å²) < 4.78 is 13.5. The van der Waals surface area contributed by atoms with Crippen LogP contribution in [0.25, 0.3) is 5.65 Å². The molecule has 1 unspecified atom stereocenters. The van der Waals surface area contributed by atoms with Gasteiger partial charge in [0.25, 0.3) is 5.91 Å². The van der Waals surface area contributed by atoms with E-state index in [1.807, 2.05) is 65.3 Å². The van der Waals surface area contributed by atoms with Gasteiger partial charge < -0.3 is 19.2 Å². The van der Waals surface area contributed by atoms with Crippen LogP contribution >= 0.6 is 0 Å². The third-order valence-corrected chi connectivity index (χ3v) is 6.43. The Labute approximate surface area is 205 Å². The molecular formula is C28H30N4O3. The molecule has 3 heterocycles. The lowest BCUT2D eigenvalue weighted by Gasteiger charge is -2.29. The van der Waals surface area contributed by atoms with Crippen LogP contribution in [0.15, 0.2) is 79.1 Å². The maximum atomic E-state index is 13.1. The Bertz CT molecular complexity index is 1260. The summed E-state index contributed by atoms with van der Waals surface area (Å²) in [5, 5.41) is 3.14. The number of amides is 1. The van der Waals surface area contributed by atoms with Crippen molar-refractivity contribution in [3.8, 4) is 11.5 Å². The SMILES string of the molecule is COc1ccccc1C(CNC(=O)c1cccc(OCc2cn3ccccc3n2)c1)N1CCCC1. The first kappa shape index (κ1) is 22.9. The van der Waals surface area contributed by atoms with Gasteiger partial charge in [0, 0.05) is 30.1 Å². The molecule has 4 aromatic rings. The van der Waals surface area contributed by atoms with Crippen molar-refractivity contribution < 1.29 is 14.3 Å². The van der Waals surface area contributed by atoms with E-state index in [9.17, 15) is 4.79 Å². The van der Waals surface area contributed by atoms with Crippen LogP contribution in [0.5, 0.6) is 11.5 Å². The van der Waals surface area contributed by atoms with Gasteiger partial charge in [0.2, 0.25) is 0 Å². The van der Waals surface area contributed by atoms with E-state index in [1.165, 1.54) is 12.8 Å². The van der Waals surface area contributed by atoms with E-state index in [4.69, 9.17) is 9.47 Å². The van der Waals surface area contributed by atoms with E-state index in [1.54, 1.807) is 19.2 Å². The molecule has 35 heavy (non-hydrogen) atoms. The second-order valence-electron chi connectivity index (χ2n) is 8.73. The summed E-state index contributed by atoms with van der Waals surface area (Å²) in [6.07, 6.45) is 6.25. The Morgan fingerprint density at radius 1 is 1.06 bits per heavy atom. The maximum Gasteiger partial charge on any atom is 0.251 e. The number of fused-ring (bicyclic) bond motifs is 1. The van der Waals surface area contributed by atoms with Gasteiger partial charge in [0.15, 0.2) is 0 Å². The zero-order valence-electron chi connectivity index (χ0n) is 19.9. The number of para-hydroxylation sites is 1. The van der Waals surface area contributed by atoms with E-state index in [0.29, 0.717) is 24.5 Å². The van der Waals surface area contributed by atoms with E-state index in [2.05, 4.69) is 21.3 Å². The number of likely N-dealkylation sites (tertiary alicyclic amines) is 1. The molecule has 1 saturated heterocycles. The molecular weight excluding hydrogens is 440 g/mol. The highest BCUT2D eigenvalue weighted by atomic mass is 16.5. The maximum absolute atomic E-state index is 13.1. The van der Waals surface area contributed by atoms with Crippen LogP contribution in [0.2, 0.25) is 0 Å². The third kappa shape index (κ3) is 5.30. The number of carbonyl (C=O) groups excluding carboxylic acids is 1. The number of aromatic nitrogens is 2. The molecule has 5 rings (SSSR count). The van der Waals surface area contributed by atoms with Gasteiger partial charge in [0.1, 0.15) is 23.8 Å². The third-order valence-electron chi connectivity index (χ3n) is 6.43. The van der Waals surface area contributed by atoms with Gasteiger partial charge in [0.05, 0.1) is 18.8 Å². The van der Waals surface area contributed by atoms with Crippen molar-refractivity contribution in [3.05, 3.63) is 95.9 Å². The molecule has 1 N–H and O–H groups in total.